The van der Waals surface area contributed by atoms with Gasteiger partial charge in [0, 0.05) is 19.3 Å². The molecular formula is C55H79NO9. The highest BCUT2D eigenvalue weighted by molar-refractivity contribution is 5.90. The molecule has 3 aromatic carbocycles. The molecule has 1 fully saturated rings. The van der Waals surface area contributed by atoms with Crippen LogP contribution in [0.5, 0.6) is 0 Å². The summed E-state index contributed by atoms with van der Waals surface area (Å²) in [5, 5.41) is 3.19. The summed E-state index contributed by atoms with van der Waals surface area (Å²) >= 11 is 0. The summed E-state index contributed by atoms with van der Waals surface area (Å²) in [6.45, 7) is 9.88. The van der Waals surface area contributed by atoms with Gasteiger partial charge in [-0.05, 0) is 73.8 Å². The molecule has 1 aliphatic heterocycles. The van der Waals surface area contributed by atoms with Crippen molar-refractivity contribution in [3.05, 3.63) is 108 Å². The number of amides is 1. The third-order valence-electron chi connectivity index (χ3n) is 13.1. The van der Waals surface area contributed by atoms with E-state index in [1.807, 2.05) is 30.3 Å². The largest absolute Gasteiger partial charge is 0.463 e. The molecule has 0 bridgehead atoms. The summed E-state index contributed by atoms with van der Waals surface area (Å²) in [6, 6.07) is 26.9. The number of unbranched alkanes of at least 4 members (excludes halogenated alkanes) is 13. The van der Waals surface area contributed by atoms with E-state index in [1.54, 1.807) is 48.5 Å². The second-order valence-corrected chi connectivity index (χ2v) is 18.2. The van der Waals surface area contributed by atoms with Crippen molar-refractivity contribution in [2.75, 3.05) is 13.2 Å². The van der Waals surface area contributed by atoms with Gasteiger partial charge in [-0.15, -0.1) is 0 Å². The van der Waals surface area contributed by atoms with Crippen LogP contribution in [0.4, 0.5) is 0 Å². The second-order valence-electron chi connectivity index (χ2n) is 18.2. The first-order valence-corrected chi connectivity index (χ1v) is 24.8. The molecule has 3 aromatic rings. The molecule has 1 amide bonds. The van der Waals surface area contributed by atoms with E-state index < -0.39 is 42.6 Å². The van der Waals surface area contributed by atoms with Crippen LogP contribution < -0.4 is 5.32 Å². The lowest BCUT2D eigenvalue weighted by Gasteiger charge is -2.43. The Morgan fingerprint density at radius 3 is 1.71 bits per heavy atom. The Kier molecular flexibility index (Phi) is 25.0. The lowest BCUT2D eigenvalue weighted by atomic mass is 9.79. The highest BCUT2D eigenvalue weighted by Gasteiger charge is 2.42. The van der Waals surface area contributed by atoms with Crippen LogP contribution in [0.1, 0.15) is 170 Å². The Morgan fingerprint density at radius 2 is 1.14 bits per heavy atom. The fourth-order valence-corrected chi connectivity index (χ4v) is 8.64. The van der Waals surface area contributed by atoms with Crippen molar-refractivity contribution in [3.8, 4) is 0 Å². The maximum atomic E-state index is 14.1. The van der Waals surface area contributed by atoms with E-state index in [9.17, 15) is 19.2 Å². The first kappa shape index (κ1) is 53.1. The van der Waals surface area contributed by atoms with E-state index in [4.69, 9.17) is 23.7 Å². The summed E-state index contributed by atoms with van der Waals surface area (Å²) in [4.78, 5) is 53.8. The number of carbonyl (C=O) groups excluding carboxylic acids is 4. The summed E-state index contributed by atoms with van der Waals surface area (Å²) in [7, 11) is 0. The smallest absolute Gasteiger partial charge is 0.338 e. The fraction of sp³-hybridized carbons (Fsp3) is 0.600. The molecule has 4 rings (SSSR count). The van der Waals surface area contributed by atoms with Crippen LogP contribution in [-0.4, -0.2) is 67.7 Å². The summed E-state index contributed by atoms with van der Waals surface area (Å²) in [6.07, 6.45) is 14.9. The molecule has 5 unspecified atom stereocenters. The van der Waals surface area contributed by atoms with Gasteiger partial charge in [0.25, 0.3) is 0 Å². The van der Waals surface area contributed by atoms with Gasteiger partial charge in [0.15, 0.2) is 12.4 Å². The van der Waals surface area contributed by atoms with Crippen LogP contribution in [0.2, 0.25) is 0 Å². The van der Waals surface area contributed by atoms with Crippen molar-refractivity contribution in [2.24, 2.45) is 17.8 Å². The van der Waals surface area contributed by atoms with E-state index in [-0.39, 0.29) is 49.3 Å². The third-order valence-corrected chi connectivity index (χ3v) is 13.1. The van der Waals surface area contributed by atoms with Crippen molar-refractivity contribution in [1.82, 2.24) is 5.32 Å². The first-order chi connectivity index (χ1) is 31.6. The van der Waals surface area contributed by atoms with E-state index in [1.165, 1.54) is 63.9 Å². The average molecular weight is 898 g/mol. The number of hydrogen-bond donors (Lipinski definition) is 1. The van der Waals surface area contributed by atoms with Gasteiger partial charge in [-0.3, -0.25) is 9.59 Å². The molecule has 358 valence electrons. The van der Waals surface area contributed by atoms with Gasteiger partial charge in [0.05, 0.1) is 29.9 Å². The topological polar surface area (TPSA) is 126 Å². The molecule has 1 aliphatic rings. The molecule has 1 saturated heterocycles. The number of ether oxygens (including phenoxy) is 5. The minimum absolute atomic E-state index is 0.0578. The SMILES string of the molecule is CCCCCCCCCCCCCC[C@@H](OC(=O)c1ccccc1)[C@@H](OC(=O)c1ccccc1)[C@H](COC1OC(COC(C)=O)C(C)C(C)C1C)NC(=O)CCCCCc1ccccc1. The molecule has 1 heterocycles. The molecule has 0 saturated carbocycles. The Bertz CT molecular complexity index is 1770. The molecule has 0 aliphatic carbocycles. The number of benzene rings is 3. The lowest BCUT2D eigenvalue weighted by molar-refractivity contribution is -0.259. The molecule has 0 radical (unpaired) electrons. The van der Waals surface area contributed by atoms with Crippen LogP contribution in [0.15, 0.2) is 91.0 Å². The maximum absolute atomic E-state index is 14.1. The molecule has 0 spiro atoms. The van der Waals surface area contributed by atoms with E-state index in [0.29, 0.717) is 24.0 Å². The predicted molar refractivity (Wildman–Crippen MR) is 256 cm³/mol. The molecule has 8 atom stereocenters. The average Bonchev–Trinajstić information content (AvgIpc) is 3.32. The highest BCUT2D eigenvalue weighted by Crippen LogP contribution is 2.36. The molecule has 65 heavy (non-hydrogen) atoms. The first-order valence-electron chi connectivity index (χ1n) is 24.8. The quantitative estimate of drug-likeness (QED) is 0.0381. The van der Waals surface area contributed by atoms with Crippen molar-refractivity contribution in [1.29, 1.82) is 0 Å². The standard InChI is InChI=1S/C55H79NO9/c1-6-7-8-9-10-11-12-13-14-15-16-28-37-49(63-53(59)46-33-24-19-25-34-46)52(65-54(60)47-35-26-20-27-36-47)48(56-51(58)38-29-18-23-32-45-30-21-17-22-31-45)39-62-55-43(4)41(2)42(3)50(64-55)40-61-44(5)57/h17,19-22,24-27,30-31,33-36,41-43,48-50,52,55H,6-16,18,23,28-29,32,37-40H2,1-5H3,(H,56,58)/t41?,42?,43?,48-,49+,50?,52-,55?/m0/s1. The zero-order chi connectivity index (χ0) is 46.7. The predicted octanol–water partition coefficient (Wildman–Crippen LogP) is 12.0. The minimum Gasteiger partial charge on any atom is -0.463 e. The van der Waals surface area contributed by atoms with E-state index >= 15 is 0 Å². The van der Waals surface area contributed by atoms with Crippen LogP contribution >= 0.6 is 0 Å². The highest BCUT2D eigenvalue weighted by atomic mass is 16.7. The number of nitrogens with one attached hydrogen (secondary N) is 1. The number of aryl methyl sites for hydroxylation is 1. The molecule has 10 nitrogen and oxygen atoms in total. The lowest BCUT2D eigenvalue weighted by Crippen LogP contribution is -2.55. The summed E-state index contributed by atoms with van der Waals surface area (Å²) in [5.74, 6) is -1.58. The van der Waals surface area contributed by atoms with E-state index in [2.05, 4.69) is 45.1 Å². The number of esters is 3. The Hall–Kier alpha value is -4.54. The van der Waals surface area contributed by atoms with Gasteiger partial charge in [-0.2, -0.15) is 0 Å². The Balaban J connectivity index is 1.58. The second kappa shape index (κ2) is 30.6. The molecule has 1 N–H and O–H groups in total. The molecule has 0 aromatic heterocycles. The zero-order valence-corrected chi connectivity index (χ0v) is 40.1. The summed E-state index contributed by atoms with van der Waals surface area (Å²) < 4.78 is 31.3. The van der Waals surface area contributed by atoms with Crippen LogP contribution in [0, 0.1) is 17.8 Å². The van der Waals surface area contributed by atoms with Gasteiger partial charge in [-0.1, -0.05) is 171 Å². The number of hydrogen-bond acceptors (Lipinski definition) is 9. The normalized spacial score (nSPS) is 19.7. The minimum atomic E-state index is -1.11. The summed E-state index contributed by atoms with van der Waals surface area (Å²) in [5.41, 5.74) is 1.97. The number of rotatable bonds is 31. The van der Waals surface area contributed by atoms with Crippen LogP contribution in [-0.2, 0) is 39.7 Å². The van der Waals surface area contributed by atoms with Gasteiger partial charge in [-0.25, -0.2) is 9.59 Å². The fourth-order valence-electron chi connectivity index (χ4n) is 8.64. The van der Waals surface area contributed by atoms with Gasteiger partial charge in [0.1, 0.15) is 12.7 Å². The van der Waals surface area contributed by atoms with Crippen molar-refractivity contribution in [2.45, 2.75) is 181 Å². The van der Waals surface area contributed by atoms with Gasteiger partial charge in [0.2, 0.25) is 5.91 Å². The monoisotopic (exact) mass is 898 g/mol. The van der Waals surface area contributed by atoms with Crippen molar-refractivity contribution < 1.29 is 42.9 Å². The third kappa shape index (κ3) is 19.8. The zero-order valence-electron chi connectivity index (χ0n) is 40.1. The van der Waals surface area contributed by atoms with Crippen LogP contribution in [0.3, 0.4) is 0 Å². The van der Waals surface area contributed by atoms with Crippen molar-refractivity contribution in [3.63, 3.8) is 0 Å². The Labute approximate surface area is 390 Å². The van der Waals surface area contributed by atoms with E-state index in [0.717, 1.165) is 44.9 Å². The molecule has 10 heteroatoms. The van der Waals surface area contributed by atoms with Crippen LogP contribution in [0.25, 0.3) is 0 Å². The number of carbonyl (C=O) groups is 4. The van der Waals surface area contributed by atoms with Gasteiger partial charge < -0.3 is 29.0 Å². The molecular weight excluding hydrogens is 819 g/mol. The maximum Gasteiger partial charge on any atom is 0.338 e. The Morgan fingerprint density at radius 1 is 0.615 bits per heavy atom. The van der Waals surface area contributed by atoms with Gasteiger partial charge >= 0.3 is 17.9 Å². The van der Waals surface area contributed by atoms with Crippen molar-refractivity contribution >= 4 is 23.8 Å².